The molecule has 2 aromatic carbocycles. The van der Waals surface area contributed by atoms with Gasteiger partial charge in [0.1, 0.15) is 10.8 Å². The lowest BCUT2D eigenvalue weighted by Crippen LogP contribution is -2.49. The van der Waals surface area contributed by atoms with Gasteiger partial charge in [0.2, 0.25) is 0 Å². The van der Waals surface area contributed by atoms with Gasteiger partial charge in [-0.1, -0.05) is 53.5 Å². The number of hydrogen-bond acceptors (Lipinski definition) is 4. The van der Waals surface area contributed by atoms with Crippen LogP contribution < -0.4 is 10.2 Å². The number of nitrogens with zero attached hydrogens (tertiary/aromatic N) is 4. The molecule has 1 saturated heterocycles. The van der Waals surface area contributed by atoms with E-state index < -0.39 is 24.2 Å². The van der Waals surface area contributed by atoms with Gasteiger partial charge in [0.05, 0.1) is 6.04 Å². The Bertz CT molecular complexity index is 1210. The molecule has 6 nitrogen and oxygen atoms in total. The Labute approximate surface area is 210 Å². The summed E-state index contributed by atoms with van der Waals surface area (Å²) in [6, 6.07) is 13.8. The molecule has 1 fully saturated rings. The molecule has 2 aliphatic heterocycles. The topological polar surface area (TPSA) is 53.4 Å². The van der Waals surface area contributed by atoms with Crippen LogP contribution in [-0.4, -0.2) is 52.9 Å². The summed E-state index contributed by atoms with van der Waals surface area (Å²) < 4.78 is 42.9. The second kappa shape index (κ2) is 9.28. The van der Waals surface area contributed by atoms with E-state index in [-0.39, 0.29) is 23.0 Å². The molecular formula is C24H22Cl2F3N5O. The molecule has 3 heterocycles. The lowest BCUT2D eigenvalue weighted by Gasteiger charge is -2.35. The number of rotatable bonds is 3. The highest BCUT2D eigenvalue weighted by Crippen LogP contribution is 2.46. The van der Waals surface area contributed by atoms with Crippen molar-refractivity contribution in [3.05, 3.63) is 75.9 Å². The predicted octanol–water partition coefficient (Wildman–Crippen LogP) is 5.81. The fraction of sp³-hybridized carbons (Fsp3) is 0.333. The number of carbonyl (C=O) groups excluding carboxylic acids is 1. The predicted molar refractivity (Wildman–Crippen MR) is 129 cm³/mol. The average molecular weight is 524 g/mol. The minimum atomic E-state index is -4.57. The van der Waals surface area contributed by atoms with Gasteiger partial charge in [-0.2, -0.15) is 18.3 Å². The van der Waals surface area contributed by atoms with Crippen LogP contribution in [0.3, 0.4) is 0 Å². The molecule has 0 spiro atoms. The average Bonchev–Trinajstić information content (AvgIpc) is 3.19. The first-order valence-electron chi connectivity index (χ1n) is 11.2. The molecule has 11 heteroatoms. The van der Waals surface area contributed by atoms with Crippen molar-refractivity contribution in [2.24, 2.45) is 0 Å². The molecule has 0 unspecified atom stereocenters. The lowest BCUT2D eigenvalue weighted by atomic mass is 9.97. The summed E-state index contributed by atoms with van der Waals surface area (Å²) in [5.74, 6) is -0.484. The van der Waals surface area contributed by atoms with Crippen molar-refractivity contribution in [2.45, 2.75) is 24.7 Å². The maximum atomic E-state index is 14.0. The number of piperazine rings is 1. The minimum Gasteiger partial charge on any atom is -0.368 e. The van der Waals surface area contributed by atoms with Crippen LogP contribution in [0.1, 0.15) is 34.6 Å². The first-order chi connectivity index (χ1) is 16.7. The number of para-hydroxylation sites is 1. The normalized spacial score (nSPS) is 20.4. The van der Waals surface area contributed by atoms with Crippen LogP contribution >= 0.6 is 23.2 Å². The summed E-state index contributed by atoms with van der Waals surface area (Å²) in [5, 5.41) is 7.51. The van der Waals surface area contributed by atoms with E-state index >= 15 is 0 Å². The highest BCUT2D eigenvalue weighted by Gasteiger charge is 2.48. The highest BCUT2D eigenvalue weighted by atomic mass is 35.5. The molecule has 35 heavy (non-hydrogen) atoms. The van der Waals surface area contributed by atoms with Crippen molar-refractivity contribution in [1.29, 1.82) is 0 Å². The van der Waals surface area contributed by atoms with Crippen molar-refractivity contribution in [3.63, 3.8) is 0 Å². The molecule has 3 aromatic rings. The third-order valence-electron chi connectivity index (χ3n) is 6.46. The summed E-state index contributed by atoms with van der Waals surface area (Å²) in [4.78, 5) is 17.0. The number of anilines is 2. The minimum absolute atomic E-state index is 0.00790. The number of benzene rings is 2. The van der Waals surface area contributed by atoms with E-state index in [0.29, 0.717) is 36.8 Å². The fourth-order valence-electron chi connectivity index (χ4n) is 4.60. The van der Waals surface area contributed by atoms with Crippen LogP contribution in [0.5, 0.6) is 0 Å². The molecule has 184 valence electrons. The van der Waals surface area contributed by atoms with Crippen molar-refractivity contribution in [2.75, 3.05) is 36.4 Å². The number of alkyl halides is 3. The van der Waals surface area contributed by atoms with E-state index in [1.165, 1.54) is 0 Å². The zero-order valence-corrected chi connectivity index (χ0v) is 20.0. The number of carbonyl (C=O) groups is 1. The smallest absolute Gasteiger partial charge is 0.368 e. The number of hydrogen-bond donors (Lipinski definition) is 1. The summed E-state index contributed by atoms with van der Waals surface area (Å²) in [5.41, 5.74) is 1.52. The van der Waals surface area contributed by atoms with Crippen molar-refractivity contribution in [3.8, 4) is 0 Å². The van der Waals surface area contributed by atoms with Crippen LogP contribution in [0, 0.1) is 0 Å². The molecule has 1 amide bonds. The Balaban J connectivity index is 1.39. The molecule has 1 N–H and O–H groups in total. The van der Waals surface area contributed by atoms with Crippen molar-refractivity contribution >= 4 is 40.6 Å². The molecular weight excluding hydrogens is 502 g/mol. The summed E-state index contributed by atoms with van der Waals surface area (Å²) in [7, 11) is 0. The van der Waals surface area contributed by atoms with Gasteiger partial charge in [0, 0.05) is 43.3 Å². The number of aromatic nitrogens is 2. The van der Waals surface area contributed by atoms with Gasteiger partial charge in [-0.25, -0.2) is 4.68 Å². The van der Waals surface area contributed by atoms with E-state index in [1.807, 2.05) is 30.3 Å². The molecule has 2 aliphatic rings. The highest BCUT2D eigenvalue weighted by molar-refractivity contribution is 6.36. The fourth-order valence-corrected chi connectivity index (χ4v) is 4.98. The third-order valence-corrected chi connectivity index (χ3v) is 7.07. The van der Waals surface area contributed by atoms with Crippen molar-refractivity contribution in [1.82, 2.24) is 14.7 Å². The second-order valence-electron chi connectivity index (χ2n) is 8.61. The van der Waals surface area contributed by atoms with E-state index in [9.17, 15) is 18.0 Å². The quantitative estimate of drug-likeness (QED) is 0.470. The van der Waals surface area contributed by atoms with Crippen LogP contribution in [0.25, 0.3) is 0 Å². The third kappa shape index (κ3) is 4.67. The Morgan fingerprint density at radius 2 is 1.63 bits per heavy atom. The standard InChI is InChI=1S/C24H22Cl2F3N5O/c25-16-8-6-15(7-9-16)18-14-19(24(27,28)29)34-22(30-18)20(26)21(31-34)23(35)33-12-10-32(11-13-33)17-4-2-1-3-5-17/h1-9,18-19,30H,10-14H2/t18-,19+/m1/s1. The van der Waals surface area contributed by atoms with Gasteiger partial charge in [-0.05, 0) is 29.8 Å². The van der Waals surface area contributed by atoms with Crippen LogP contribution in [0.15, 0.2) is 54.6 Å². The Kier molecular flexibility index (Phi) is 6.31. The van der Waals surface area contributed by atoms with Crippen LogP contribution in [-0.2, 0) is 0 Å². The van der Waals surface area contributed by atoms with E-state index in [4.69, 9.17) is 23.2 Å². The summed E-state index contributed by atoms with van der Waals surface area (Å²) in [6.07, 6.45) is -4.86. The van der Waals surface area contributed by atoms with Gasteiger partial charge >= 0.3 is 6.18 Å². The van der Waals surface area contributed by atoms with E-state index in [0.717, 1.165) is 10.4 Å². The van der Waals surface area contributed by atoms with Gasteiger partial charge in [0.15, 0.2) is 11.7 Å². The molecule has 1 aromatic heterocycles. The molecule has 0 radical (unpaired) electrons. The van der Waals surface area contributed by atoms with Crippen LogP contribution in [0.2, 0.25) is 10.0 Å². The number of nitrogens with one attached hydrogen (secondary N) is 1. The number of amides is 1. The molecule has 0 aliphatic carbocycles. The van der Waals surface area contributed by atoms with E-state index in [1.54, 1.807) is 29.2 Å². The number of halogens is 5. The van der Waals surface area contributed by atoms with Crippen LogP contribution in [0.4, 0.5) is 24.7 Å². The Hall–Kier alpha value is -2.91. The van der Waals surface area contributed by atoms with E-state index in [2.05, 4.69) is 15.3 Å². The SMILES string of the molecule is O=C(c1nn2c(c1Cl)N[C@@H](c1ccc(Cl)cc1)C[C@H]2C(F)(F)F)N1CCN(c2ccccc2)CC1. The molecule has 0 bridgehead atoms. The summed E-state index contributed by atoms with van der Waals surface area (Å²) in [6.45, 7) is 2.03. The second-order valence-corrected chi connectivity index (χ2v) is 9.43. The van der Waals surface area contributed by atoms with Gasteiger partial charge in [0.25, 0.3) is 5.91 Å². The zero-order valence-electron chi connectivity index (χ0n) is 18.5. The summed E-state index contributed by atoms with van der Waals surface area (Å²) >= 11 is 12.4. The first kappa shape index (κ1) is 23.8. The molecule has 5 rings (SSSR count). The monoisotopic (exact) mass is 523 g/mol. The van der Waals surface area contributed by atoms with Gasteiger partial charge < -0.3 is 15.1 Å². The number of fused-ring (bicyclic) bond motifs is 1. The Morgan fingerprint density at radius 3 is 2.26 bits per heavy atom. The lowest BCUT2D eigenvalue weighted by molar-refractivity contribution is -0.173. The Morgan fingerprint density at radius 1 is 0.971 bits per heavy atom. The van der Waals surface area contributed by atoms with Gasteiger partial charge in [-0.15, -0.1) is 0 Å². The zero-order chi connectivity index (χ0) is 24.7. The molecule has 0 saturated carbocycles. The maximum absolute atomic E-state index is 14.0. The first-order valence-corrected chi connectivity index (χ1v) is 11.9. The molecule has 2 atom stereocenters. The maximum Gasteiger partial charge on any atom is 0.410 e. The van der Waals surface area contributed by atoms with Crippen molar-refractivity contribution < 1.29 is 18.0 Å². The largest absolute Gasteiger partial charge is 0.410 e. The van der Waals surface area contributed by atoms with Gasteiger partial charge in [-0.3, -0.25) is 4.79 Å².